The maximum absolute atomic E-state index is 12.8. The zero-order chi connectivity index (χ0) is 20.8. The van der Waals surface area contributed by atoms with E-state index in [0.29, 0.717) is 18.4 Å². The van der Waals surface area contributed by atoms with Gasteiger partial charge in [-0.3, -0.25) is 14.6 Å². The summed E-state index contributed by atoms with van der Waals surface area (Å²) in [5.74, 6) is -0.912. The molecule has 2 aromatic rings. The molecule has 7 heteroatoms. The Morgan fingerprint density at radius 3 is 2.66 bits per heavy atom. The average molecular weight is 397 g/mol. The molecule has 154 valence electrons. The van der Waals surface area contributed by atoms with Gasteiger partial charge in [0.2, 0.25) is 5.91 Å². The molecule has 29 heavy (non-hydrogen) atoms. The lowest BCUT2D eigenvalue weighted by Crippen LogP contribution is -2.40. The van der Waals surface area contributed by atoms with Crippen LogP contribution in [0.4, 0.5) is 0 Å². The number of rotatable bonds is 8. The molecule has 0 aliphatic heterocycles. The van der Waals surface area contributed by atoms with Crippen LogP contribution in [0.1, 0.15) is 47.3 Å². The van der Waals surface area contributed by atoms with Gasteiger partial charge in [0.25, 0.3) is 5.91 Å². The summed E-state index contributed by atoms with van der Waals surface area (Å²) in [6.07, 6.45) is 2.84. The van der Waals surface area contributed by atoms with Crippen LogP contribution in [0.3, 0.4) is 0 Å². The standard InChI is InChI=1S/C22H27N3O4/c1-2-14(11-17(26)13-24-21(28)15-7-9-23-10-8-15)22(29)25-20-18-6-4-3-5-16(18)12-19(20)27/h3-10,14,17,19-20,26-27H,2,11-13H2,1H3,(H,24,28)(H,25,29)/t14-,17+,19-,20+/m1/s1. The van der Waals surface area contributed by atoms with Gasteiger partial charge in [0.15, 0.2) is 0 Å². The molecule has 7 nitrogen and oxygen atoms in total. The van der Waals surface area contributed by atoms with Crippen LogP contribution in [0.15, 0.2) is 48.8 Å². The number of hydrogen-bond acceptors (Lipinski definition) is 5. The second-order valence-corrected chi connectivity index (χ2v) is 7.40. The number of benzene rings is 1. The number of carbonyl (C=O) groups excluding carboxylic acids is 2. The van der Waals surface area contributed by atoms with Crippen LogP contribution in [-0.2, 0) is 11.2 Å². The zero-order valence-electron chi connectivity index (χ0n) is 16.4. The smallest absolute Gasteiger partial charge is 0.251 e. The first-order valence-electron chi connectivity index (χ1n) is 9.92. The number of hydrogen-bond donors (Lipinski definition) is 4. The summed E-state index contributed by atoms with van der Waals surface area (Å²) in [6, 6.07) is 10.4. The number of nitrogens with one attached hydrogen (secondary N) is 2. The predicted octanol–water partition coefficient (Wildman–Crippen LogP) is 1.36. The molecule has 0 unspecified atom stereocenters. The fourth-order valence-electron chi connectivity index (χ4n) is 3.71. The summed E-state index contributed by atoms with van der Waals surface area (Å²) in [4.78, 5) is 28.7. The van der Waals surface area contributed by atoms with Crippen molar-refractivity contribution < 1.29 is 19.8 Å². The van der Waals surface area contributed by atoms with E-state index in [4.69, 9.17) is 0 Å². The Morgan fingerprint density at radius 1 is 1.21 bits per heavy atom. The van der Waals surface area contributed by atoms with Gasteiger partial charge in [-0.15, -0.1) is 0 Å². The maximum atomic E-state index is 12.8. The van der Waals surface area contributed by atoms with Crippen LogP contribution >= 0.6 is 0 Å². The van der Waals surface area contributed by atoms with Crippen molar-refractivity contribution in [2.24, 2.45) is 5.92 Å². The molecule has 0 radical (unpaired) electrons. The number of aromatic nitrogens is 1. The fraction of sp³-hybridized carbons (Fsp3) is 0.409. The van der Waals surface area contributed by atoms with Crippen molar-refractivity contribution in [3.8, 4) is 0 Å². The molecule has 0 bridgehead atoms. The van der Waals surface area contributed by atoms with E-state index in [1.165, 1.54) is 12.4 Å². The van der Waals surface area contributed by atoms with Crippen LogP contribution in [0.5, 0.6) is 0 Å². The zero-order valence-corrected chi connectivity index (χ0v) is 16.4. The van der Waals surface area contributed by atoms with E-state index in [1.807, 2.05) is 31.2 Å². The normalized spacial score (nSPS) is 19.8. The van der Waals surface area contributed by atoms with Gasteiger partial charge < -0.3 is 20.8 Å². The molecule has 1 aromatic heterocycles. The molecule has 4 atom stereocenters. The first kappa shape index (κ1) is 21.0. The molecule has 0 spiro atoms. The van der Waals surface area contributed by atoms with Crippen LogP contribution in [0.25, 0.3) is 0 Å². The third-order valence-electron chi connectivity index (χ3n) is 5.36. The van der Waals surface area contributed by atoms with Crippen molar-refractivity contribution in [2.75, 3.05) is 6.54 Å². The Kier molecular flexibility index (Phi) is 6.95. The Hall–Kier alpha value is -2.77. The first-order chi connectivity index (χ1) is 14.0. The van der Waals surface area contributed by atoms with Crippen molar-refractivity contribution in [3.05, 3.63) is 65.5 Å². The van der Waals surface area contributed by atoms with E-state index in [2.05, 4.69) is 15.6 Å². The van der Waals surface area contributed by atoms with Crippen LogP contribution < -0.4 is 10.6 Å². The highest BCUT2D eigenvalue weighted by Gasteiger charge is 2.33. The van der Waals surface area contributed by atoms with Crippen LogP contribution in [-0.4, -0.2) is 45.8 Å². The minimum absolute atomic E-state index is 0.0554. The quantitative estimate of drug-likeness (QED) is 0.538. The molecule has 1 aromatic carbocycles. The van der Waals surface area contributed by atoms with E-state index < -0.39 is 24.2 Å². The van der Waals surface area contributed by atoms with Gasteiger partial charge in [-0.1, -0.05) is 31.2 Å². The van der Waals surface area contributed by atoms with Gasteiger partial charge in [0.05, 0.1) is 18.2 Å². The second kappa shape index (κ2) is 9.62. The molecule has 4 N–H and O–H groups in total. The summed E-state index contributed by atoms with van der Waals surface area (Å²) in [6.45, 7) is 1.94. The number of aliphatic hydroxyl groups excluding tert-OH is 2. The van der Waals surface area contributed by atoms with Gasteiger partial charge in [-0.2, -0.15) is 0 Å². The molecular weight excluding hydrogens is 370 g/mol. The van der Waals surface area contributed by atoms with Crippen LogP contribution in [0, 0.1) is 5.92 Å². The summed E-state index contributed by atoms with van der Waals surface area (Å²) in [5, 5.41) is 26.3. The van der Waals surface area contributed by atoms with Gasteiger partial charge in [0.1, 0.15) is 0 Å². The van der Waals surface area contributed by atoms with Gasteiger partial charge in [0, 0.05) is 36.8 Å². The maximum Gasteiger partial charge on any atom is 0.251 e. The molecule has 1 aliphatic carbocycles. The lowest BCUT2D eigenvalue weighted by atomic mass is 9.96. The lowest BCUT2D eigenvalue weighted by molar-refractivity contribution is -0.127. The molecule has 0 fully saturated rings. The number of fused-ring (bicyclic) bond motifs is 1. The van der Waals surface area contributed by atoms with Crippen LogP contribution in [0.2, 0.25) is 0 Å². The molecule has 3 rings (SSSR count). The minimum Gasteiger partial charge on any atom is -0.391 e. The van der Waals surface area contributed by atoms with Crippen molar-refractivity contribution in [2.45, 2.75) is 44.4 Å². The first-order valence-corrected chi connectivity index (χ1v) is 9.92. The highest BCUT2D eigenvalue weighted by atomic mass is 16.3. The van der Waals surface area contributed by atoms with Crippen molar-refractivity contribution >= 4 is 11.8 Å². The van der Waals surface area contributed by atoms with E-state index in [9.17, 15) is 19.8 Å². The third-order valence-corrected chi connectivity index (χ3v) is 5.36. The Labute approximate surface area is 170 Å². The number of carbonyl (C=O) groups is 2. The van der Waals surface area contributed by atoms with Crippen molar-refractivity contribution in [3.63, 3.8) is 0 Å². The molecule has 1 aliphatic rings. The monoisotopic (exact) mass is 397 g/mol. The fourth-order valence-corrected chi connectivity index (χ4v) is 3.71. The van der Waals surface area contributed by atoms with E-state index >= 15 is 0 Å². The van der Waals surface area contributed by atoms with E-state index in [0.717, 1.165) is 11.1 Å². The summed E-state index contributed by atoms with van der Waals surface area (Å²) in [7, 11) is 0. The molecule has 1 heterocycles. The van der Waals surface area contributed by atoms with Gasteiger partial charge >= 0.3 is 0 Å². The average Bonchev–Trinajstić information content (AvgIpc) is 3.05. The Morgan fingerprint density at radius 2 is 1.93 bits per heavy atom. The van der Waals surface area contributed by atoms with E-state index in [1.54, 1.807) is 12.1 Å². The van der Waals surface area contributed by atoms with E-state index in [-0.39, 0.29) is 24.8 Å². The highest BCUT2D eigenvalue weighted by Crippen LogP contribution is 2.31. The summed E-state index contributed by atoms with van der Waals surface area (Å²) >= 11 is 0. The summed E-state index contributed by atoms with van der Waals surface area (Å²) < 4.78 is 0. The summed E-state index contributed by atoms with van der Waals surface area (Å²) in [5.41, 5.74) is 2.44. The molecule has 0 saturated carbocycles. The SMILES string of the molecule is CC[C@H](C[C@H](O)CNC(=O)c1ccncc1)C(=O)N[C@H]1c2ccccc2C[C@H]1O. The largest absolute Gasteiger partial charge is 0.391 e. The van der Waals surface area contributed by atoms with Crippen molar-refractivity contribution in [1.29, 1.82) is 0 Å². The topological polar surface area (TPSA) is 112 Å². The predicted molar refractivity (Wildman–Crippen MR) is 108 cm³/mol. The highest BCUT2D eigenvalue weighted by molar-refractivity contribution is 5.93. The number of pyridine rings is 1. The van der Waals surface area contributed by atoms with Crippen molar-refractivity contribution in [1.82, 2.24) is 15.6 Å². The Balaban J connectivity index is 1.52. The number of nitrogens with zero attached hydrogens (tertiary/aromatic N) is 1. The number of aliphatic hydroxyl groups is 2. The van der Waals surface area contributed by atoms with Gasteiger partial charge in [-0.25, -0.2) is 0 Å². The third kappa shape index (κ3) is 5.19. The Bertz CT molecular complexity index is 843. The van der Waals surface area contributed by atoms with Gasteiger partial charge in [-0.05, 0) is 36.1 Å². The number of amides is 2. The lowest BCUT2D eigenvalue weighted by Gasteiger charge is -2.23. The molecular formula is C22H27N3O4. The second-order valence-electron chi connectivity index (χ2n) is 7.40. The molecule has 2 amide bonds. The minimum atomic E-state index is -0.850. The molecule has 0 saturated heterocycles.